The van der Waals surface area contributed by atoms with E-state index in [0.29, 0.717) is 5.75 Å². The lowest BCUT2D eigenvalue weighted by atomic mass is 9.99. The first-order valence-electron chi connectivity index (χ1n) is 9.20. The van der Waals surface area contributed by atoms with Gasteiger partial charge in [0, 0.05) is 29.7 Å². The van der Waals surface area contributed by atoms with Gasteiger partial charge in [-0.3, -0.25) is 4.90 Å². The van der Waals surface area contributed by atoms with E-state index in [1.807, 2.05) is 36.4 Å². The van der Waals surface area contributed by atoms with Crippen molar-refractivity contribution in [2.45, 2.75) is 26.3 Å². The van der Waals surface area contributed by atoms with Gasteiger partial charge in [0.05, 0.1) is 5.52 Å². The van der Waals surface area contributed by atoms with Crippen molar-refractivity contribution in [2.75, 3.05) is 18.4 Å². The summed E-state index contributed by atoms with van der Waals surface area (Å²) in [6, 6.07) is 13.6. The molecule has 26 heavy (non-hydrogen) atoms. The molecule has 1 aliphatic heterocycles. The van der Waals surface area contributed by atoms with Gasteiger partial charge in [-0.1, -0.05) is 19.1 Å². The minimum absolute atomic E-state index is 0.348. The van der Waals surface area contributed by atoms with Crippen molar-refractivity contribution >= 4 is 22.4 Å². The van der Waals surface area contributed by atoms with Crippen molar-refractivity contribution in [3.8, 4) is 5.75 Å². The smallest absolute Gasteiger partial charge is 0.141 e. The van der Waals surface area contributed by atoms with Gasteiger partial charge in [0.1, 0.15) is 17.9 Å². The van der Waals surface area contributed by atoms with Gasteiger partial charge >= 0.3 is 0 Å². The van der Waals surface area contributed by atoms with Gasteiger partial charge in [-0.2, -0.15) is 0 Å². The number of phenols is 1. The lowest BCUT2D eigenvalue weighted by Gasteiger charge is -2.31. The third-order valence-corrected chi connectivity index (χ3v) is 5.02. The maximum Gasteiger partial charge on any atom is 0.141 e. The number of likely N-dealkylation sites (tertiary alicyclic amines) is 1. The summed E-state index contributed by atoms with van der Waals surface area (Å²) < 4.78 is 0. The maximum atomic E-state index is 10.3. The molecule has 1 fully saturated rings. The molecule has 0 radical (unpaired) electrons. The molecule has 0 saturated carbocycles. The second-order valence-electron chi connectivity index (χ2n) is 7.19. The molecule has 1 aliphatic rings. The van der Waals surface area contributed by atoms with Crippen molar-refractivity contribution in [3.63, 3.8) is 0 Å². The molecule has 2 N–H and O–H groups in total. The summed E-state index contributed by atoms with van der Waals surface area (Å²) in [5, 5.41) is 14.7. The molecule has 3 aromatic rings. The predicted molar refractivity (Wildman–Crippen MR) is 105 cm³/mol. The van der Waals surface area contributed by atoms with E-state index < -0.39 is 0 Å². The zero-order chi connectivity index (χ0) is 17.9. The van der Waals surface area contributed by atoms with Gasteiger partial charge in [-0.05, 0) is 55.6 Å². The van der Waals surface area contributed by atoms with Gasteiger partial charge in [0.2, 0.25) is 0 Å². The van der Waals surface area contributed by atoms with Crippen LogP contribution in [0.4, 0.5) is 11.5 Å². The highest BCUT2D eigenvalue weighted by atomic mass is 16.3. The first-order valence-corrected chi connectivity index (χ1v) is 9.20. The number of hydrogen-bond donors (Lipinski definition) is 2. The van der Waals surface area contributed by atoms with E-state index >= 15 is 0 Å². The normalized spacial score (nSPS) is 18.1. The van der Waals surface area contributed by atoms with Crippen LogP contribution in [0.2, 0.25) is 0 Å². The molecular formula is C21H24N4O. The van der Waals surface area contributed by atoms with Gasteiger partial charge in [-0.15, -0.1) is 0 Å². The first-order chi connectivity index (χ1) is 12.7. The highest BCUT2D eigenvalue weighted by Crippen LogP contribution is 2.28. The Morgan fingerprint density at radius 1 is 1.19 bits per heavy atom. The molecule has 134 valence electrons. The van der Waals surface area contributed by atoms with Crippen molar-refractivity contribution < 1.29 is 5.11 Å². The van der Waals surface area contributed by atoms with Crippen molar-refractivity contribution in [1.29, 1.82) is 0 Å². The van der Waals surface area contributed by atoms with E-state index in [2.05, 4.69) is 27.1 Å². The molecular weight excluding hydrogens is 324 g/mol. The van der Waals surface area contributed by atoms with Crippen LogP contribution in [0.15, 0.2) is 48.8 Å². The van der Waals surface area contributed by atoms with Gasteiger partial charge in [0.25, 0.3) is 0 Å². The van der Waals surface area contributed by atoms with E-state index in [0.717, 1.165) is 53.5 Å². The Labute approximate surface area is 153 Å². The summed E-state index contributed by atoms with van der Waals surface area (Å²) in [7, 11) is 0. The molecule has 1 saturated heterocycles. The number of piperidine rings is 1. The molecule has 0 spiro atoms. The van der Waals surface area contributed by atoms with Crippen LogP contribution in [-0.4, -0.2) is 33.1 Å². The molecule has 1 atom stereocenters. The molecule has 0 amide bonds. The highest BCUT2D eigenvalue weighted by molar-refractivity contribution is 5.90. The van der Waals surface area contributed by atoms with Crippen LogP contribution < -0.4 is 5.32 Å². The first kappa shape index (κ1) is 16.8. The van der Waals surface area contributed by atoms with Crippen molar-refractivity contribution in [2.24, 2.45) is 5.92 Å². The topological polar surface area (TPSA) is 61.3 Å². The fraction of sp³-hybridized carbons (Fsp3) is 0.333. The summed E-state index contributed by atoms with van der Waals surface area (Å²) in [4.78, 5) is 11.1. The van der Waals surface area contributed by atoms with Gasteiger partial charge in [0.15, 0.2) is 0 Å². The number of aromatic hydroxyl groups is 1. The summed E-state index contributed by atoms with van der Waals surface area (Å²) in [6.07, 6.45) is 4.10. The van der Waals surface area contributed by atoms with E-state index in [9.17, 15) is 5.11 Å². The minimum Gasteiger partial charge on any atom is -0.508 e. The lowest BCUT2D eigenvalue weighted by Crippen LogP contribution is -2.33. The number of fused-ring (bicyclic) bond motifs is 1. The summed E-state index contributed by atoms with van der Waals surface area (Å²) in [5.41, 5.74) is 2.78. The number of phenolic OH excluding ortho intramolecular Hbond substituents is 1. The zero-order valence-corrected chi connectivity index (χ0v) is 15.0. The second kappa shape index (κ2) is 7.30. The summed E-state index contributed by atoms with van der Waals surface area (Å²) >= 11 is 0. The summed E-state index contributed by atoms with van der Waals surface area (Å²) in [5.74, 6) is 1.85. The van der Waals surface area contributed by atoms with Crippen molar-refractivity contribution in [1.82, 2.24) is 14.9 Å². The Morgan fingerprint density at radius 3 is 2.96 bits per heavy atom. The van der Waals surface area contributed by atoms with E-state index in [-0.39, 0.29) is 0 Å². The Balaban J connectivity index is 1.57. The number of benzene rings is 2. The second-order valence-corrected chi connectivity index (χ2v) is 7.19. The fourth-order valence-electron chi connectivity index (χ4n) is 3.70. The monoisotopic (exact) mass is 348 g/mol. The van der Waals surface area contributed by atoms with Crippen LogP contribution in [-0.2, 0) is 6.54 Å². The SMILES string of the molecule is CC1CCCN(Cc2cc(Nc3ncnc4ccccc34)ccc2O)C1. The molecule has 1 aromatic heterocycles. The Morgan fingerprint density at radius 2 is 2.08 bits per heavy atom. The fourth-order valence-corrected chi connectivity index (χ4v) is 3.70. The summed E-state index contributed by atoms with van der Waals surface area (Å²) in [6.45, 7) is 5.26. The number of anilines is 2. The highest BCUT2D eigenvalue weighted by Gasteiger charge is 2.17. The number of nitrogens with zero attached hydrogens (tertiary/aromatic N) is 3. The van der Waals surface area contributed by atoms with Crippen LogP contribution in [0, 0.1) is 5.92 Å². The third-order valence-electron chi connectivity index (χ3n) is 5.02. The number of hydrogen-bond acceptors (Lipinski definition) is 5. The van der Waals surface area contributed by atoms with Gasteiger partial charge in [-0.25, -0.2) is 9.97 Å². The molecule has 2 heterocycles. The van der Waals surface area contributed by atoms with Crippen LogP contribution in [0.1, 0.15) is 25.3 Å². The van der Waals surface area contributed by atoms with E-state index in [1.165, 1.54) is 12.8 Å². The molecule has 4 rings (SSSR count). The van der Waals surface area contributed by atoms with Crippen molar-refractivity contribution in [3.05, 3.63) is 54.4 Å². The molecule has 0 aliphatic carbocycles. The largest absolute Gasteiger partial charge is 0.508 e. The third kappa shape index (κ3) is 3.63. The number of aromatic nitrogens is 2. The van der Waals surface area contributed by atoms with E-state index in [1.54, 1.807) is 12.4 Å². The number of para-hydroxylation sites is 1. The molecule has 2 aromatic carbocycles. The zero-order valence-electron chi connectivity index (χ0n) is 15.0. The van der Waals surface area contributed by atoms with Crippen LogP contribution >= 0.6 is 0 Å². The van der Waals surface area contributed by atoms with Crippen LogP contribution in [0.25, 0.3) is 10.9 Å². The number of rotatable bonds is 4. The molecule has 5 nitrogen and oxygen atoms in total. The molecule has 0 bridgehead atoms. The molecule has 5 heteroatoms. The number of nitrogens with one attached hydrogen (secondary N) is 1. The van der Waals surface area contributed by atoms with Crippen LogP contribution in [0.5, 0.6) is 5.75 Å². The average Bonchev–Trinajstić information content (AvgIpc) is 2.65. The average molecular weight is 348 g/mol. The Bertz CT molecular complexity index is 906. The van der Waals surface area contributed by atoms with Gasteiger partial charge < -0.3 is 10.4 Å². The predicted octanol–water partition coefficient (Wildman–Crippen LogP) is 4.31. The maximum absolute atomic E-state index is 10.3. The van der Waals surface area contributed by atoms with Crippen LogP contribution in [0.3, 0.4) is 0 Å². The van der Waals surface area contributed by atoms with E-state index in [4.69, 9.17) is 0 Å². The molecule has 1 unspecified atom stereocenters. The Hall–Kier alpha value is -2.66. The Kier molecular flexibility index (Phi) is 4.71. The minimum atomic E-state index is 0.348. The lowest BCUT2D eigenvalue weighted by molar-refractivity contribution is 0.175. The standard InChI is InChI=1S/C21H24N4O/c1-15-5-4-10-25(12-15)13-16-11-17(8-9-20(16)26)24-21-18-6-2-3-7-19(18)22-14-23-21/h2-3,6-9,11,14-15,26H,4-5,10,12-13H2,1H3,(H,22,23,24). The quantitative estimate of drug-likeness (QED) is 0.688.